The maximum atomic E-state index is 14.3. The maximum Gasteiger partial charge on any atom is 0.408 e. The molecule has 0 aliphatic rings. The van der Waals surface area contributed by atoms with Crippen LogP contribution < -0.4 is 10.6 Å². The molecule has 2 rings (SSSR count). The summed E-state index contributed by atoms with van der Waals surface area (Å²) in [6, 6.07) is 13.4. The average molecular weight is 622 g/mol. The van der Waals surface area contributed by atoms with Gasteiger partial charge in [-0.3, -0.25) is 9.59 Å². The molecule has 9 heteroatoms. The van der Waals surface area contributed by atoms with Gasteiger partial charge in [0, 0.05) is 13.0 Å². The number of amides is 3. The molecule has 0 spiro atoms. The van der Waals surface area contributed by atoms with Gasteiger partial charge >= 0.3 is 12.1 Å². The van der Waals surface area contributed by atoms with Crippen LogP contribution in [0.15, 0.2) is 61.2 Å². The zero-order chi connectivity index (χ0) is 33.9. The van der Waals surface area contributed by atoms with E-state index in [0.29, 0.717) is 12.0 Å². The number of rotatable bonds is 13. The number of esters is 1. The van der Waals surface area contributed by atoms with Gasteiger partial charge in [-0.15, -0.1) is 0 Å². The van der Waals surface area contributed by atoms with Crippen molar-refractivity contribution in [1.82, 2.24) is 15.5 Å². The lowest BCUT2D eigenvalue weighted by molar-refractivity contribution is -0.159. The molecule has 9 nitrogen and oxygen atoms in total. The molecule has 246 valence electrons. The Morgan fingerprint density at radius 2 is 1.49 bits per heavy atom. The van der Waals surface area contributed by atoms with E-state index in [-0.39, 0.29) is 18.9 Å². The number of benzene rings is 2. The van der Waals surface area contributed by atoms with E-state index in [1.165, 1.54) is 4.90 Å². The third kappa shape index (κ3) is 12.4. The third-order valence-electron chi connectivity index (χ3n) is 6.63. The molecule has 0 radical (unpaired) electrons. The zero-order valence-electron chi connectivity index (χ0n) is 28.3. The normalized spacial score (nSPS) is 13.6. The van der Waals surface area contributed by atoms with E-state index < -0.39 is 53.2 Å². The summed E-state index contributed by atoms with van der Waals surface area (Å²) < 4.78 is 11.1. The summed E-state index contributed by atoms with van der Waals surface area (Å²) in [4.78, 5) is 56.2. The first-order valence-electron chi connectivity index (χ1n) is 15.5. The molecule has 3 atom stereocenters. The minimum Gasteiger partial charge on any atom is -0.458 e. The molecule has 0 aliphatic heterocycles. The van der Waals surface area contributed by atoms with Crippen molar-refractivity contribution in [3.63, 3.8) is 0 Å². The van der Waals surface area contributed by atoms with Crippen molar-refractivity contribution >= 4 is 30.0 Å². The highest BCUT2D eigenvalue weighted by molar-refractivity contribution is 5.94. The Balaban J connectivity index is 2.57. The van der Waals surface area contributed by atoms with Gasteiger partial charge in [0.25, 0.3) is 0 Å². The number of nitrogens with zero attached hydrogens (tertiary/aromatic N) is 1. The predicted molar refractivity (Wildman–Crippen MR) is 177 cm³/mol. The van der Waals surface area contributed by atoms with E-state index in [4.69, 9.17) is 9.47 Å². The number of alkyl carbamates (subject to hydrolysis) is 1. The lowest BCUT2D eigenvalue weighted by atomic mass is 9.97. The standard InChI is InChI=1S/C36H51N3O6/c1-11-25-19-16-20-27(22-25)30(39(12-2)32(41)28(21-24(3)4)38-34(43)45-36(8,9)10)31(40)37-29(33(42)44-35(5,6)7)23-26-17-14-13-15-18-26/h11,13-20,22,24,28-30H,1,12,21,23H2,2-10H3,(H,37,40)(H,38,43). The van der Waals surface area contributed by atoms with E-state index in [1.54, 1.807) is 72.7 Å². The topological polar surface area (TPSA) is 114 Å². The van der Waals surface area contributed by atoms with Crippen LogP contribution in [-0.4, -0.2) is 58.6 Å². The van der Waals surface area contributed by atoms with Gasteiger partial charge in [-0.05, 0) is 83.6 Å². The summed E-state index contributed by atoms with van der Waals surface area (Å²) in [5, 5.41) is 5.63. The minimum atomic E-state index is -1.13. The molecular formula is C36H51N3O6. The Labute approximate surface area is 268 Å². The van der Waals surface area contributed by atoms with Crippen LogP contribution in [0, 0.1) is 5.92 Å². The Kier molecular flexibility index (Phi) is 13.4. The SMILES string of the molecule is C=Cc1cccc(C(C(=O)NC(Cc2ccccc2)C(=O)OC(C)(C)C)N(CC)C(=O)C(CC(C)C)NC(=O)OC(C)(C)C)c1. The van der Waals surface area contributed by atoms with Crippen LogP contribution in [0.4, 0.5) is 4.79 Å². The largest absolute Gasteiger partial charge is 0.458 e. The van der Waals surface area contributed by atoms with Gasteiger partial charge < -0.3 is 25.0 Å². The lowest BCUT2D eigenvalue weighted by Crippen LogP contribution is -2.55. The Hall–Kier alpha value is -4.14. The second-order valence-corrected chi connectivity index (χ2v) is 13.5. The molecule has 0 fully saturated rings. The fourth-order valence-electron chi connectivity index (χ4n) is 4.80. The van der Waals surface area contributed by atoms with Gasteiger partial charge in [0.05, 0.1) is 0 Å². The second-order valence-electron chi connectivity index (χ2n) is 13.5. The monoisotopic (exact) mass is 621 g/mol. The van der Waals surface area contributed by atoms with Crippen molar-refractivity contribution in [2.75, 3.05) is 6.54 Å². The number of nitrogens with one attached hydrogen (secondary N) is 2. The van der Waals surface area contributed by atoms with E-state index in [9.17, 15) is 19.2 Å². The lowest BCUT2D eigenvalue weighted by Gasteiger charge is -2.35. The Morgan fingerprint density at radius 1 is 0.867 bits per heavy atom. The molecule has 0 saturated carbocycles. The second kappa shape index (κ2) is 16.3. The van der Waals surface area contributed by atoms with Crippen molar-refractivity contribution in [1.29, 1.82) is 0 Å². The quantitative estimate of drug-likeness (QED) is 0.257. The van der Waals surface area contributed by atoms with Crippen LogP contribution in [0.25, 0.3) is 6.08 Å². The fourth-order valence-corrected chi connectivity index (χ4v) is 4.80. The first-order valence-corrected chi connectivity index (χ1v) is 15.5. The number of hydrogen-bond donors (Lipinski definition) is 2. The fraction of sp³-hybridized carbons (Fsp3) is 0.500. The molecule has 0 bridgehead atoms. The van der Waals surface area contributed by atoms with Gasteiger partial charge in [0.2, 0.25) is 11.8 Å². The van der Waals surface area contributed by atoms with Gasteiger partial charge in [-0.1, -0.05) is 75.0 Å². The Bertz CT molecular complexity index is 1310. The summed E-state index contributed by atoms with van der Waals surface area (Å²) in [7, 11) is 0. The van der Waals surface area contributed by atoms with Gasteiger partial charge in [-0.25, -0.2) is 9.59 Å². The molecule has 45 heavy (non-hydrogen) atoms. The first kappa shape index (κ1) is 37.0. The van der Waals surface area contributed by atoms with Gasteiger partial charge in [-0.2, -0.15) is 0 Å². The molecule has 0 heterocycles. The average Bonchev–Trinajstić information content (AvgIpc) is 2.93. The van der Waals surface area contributed by atoms with E-state index in [2.05, 4.69) is 17.2 Å². The first-order chi connectivity index (χ1) is 20.9. The van der Waals surface area contributed by atoms with Crippen LogP contribution in [-0.2, 0) is 30.3 Å². The summed E-state index contributed by atoms with van der Waals surface area (Å²) >= 11 is 0. The summed E-state index contributed by atoms with van der Waals surface area (Å²) in [5.74, 6) is -1.54. The maximum absolute atomic E-state index is 14.3. The van der Waals surface area contributed by atoms with Crippen molar-refractivity contribution in [3.8, 4) is 0 Å². The summed E-state index contributed by atoms with van der Waals surface area (Å²) in [6.45, 7) is 20.2. The highest BCUT2D eigenvalue weighted by Crippen LogP contribution is 2.26. The van der Waals surface area contributed by atoms with E-state index >= 15 is 0 Å². The number of carbonyl (C=O) groups excluding carboxylic acids is 4. The molecule has 2 aromatic carbocycles. The van der Waals surface area contributed by atoms with Gasteiger partial charge in [0.15, 0.2) is 0 Å². The number of ether oxygens (including phenoxy) is 2. The van der Waals surface area contributed by atoms with E-state index in [1.807, 2.05) is 50.2 Å². The van der Waals surface area contributed by atoms with Crippen molar-refractivity contribution in [2.45, 2.75) is 104 Å². The Morgan fingerprint density at radius 3 is 2.02 bits per heavy atom. The predicted octanol–water partition coefficient (Wildman–Crippen LogP) is 6.23. The molecule has 3 amide bonds. The highest BCUT2D eigenvalue weighted by Gasteiger charge is 2.38. The molecule has 0 aromatic heterocycles. The molecular weight excluding hydrogens is 570 g/mol. The summed E-state index contributed by atoms with van der Waals surface area (Å²) in [6.07, 6.45) is 1.45. The van der Waals surface area contributed by atoms with Gasteiger partial charge in [0.1, 0.15) is 29.3 Å². The van der Waals surface area contributed by atoms with Crippen molar-refractivity contribution < 1.29 is 28.7 Å². The smallest absolute Gasteiger partial charge is 0.408 e. The van der Waals surface area contributed by atoms with Crippen molar-refractivity contribution in [2.24, 2.45) is 5.92 Å². The van der Waals surface area contributed by atoms with E-state index in [0.717, 1.165) is 11.1 Å². The number of likely N-dealkylation sites (N-methyl/N-ethyl adjacent to an activating group) is 1. The summed E-state index contributed by atoms with van der Waals surface area (Å²) in [5.41, 5.74) is 0.580. The number of carbonyl (C=O) groups is 4. The zero-order valence-corrected chi connectivity index (χ0v) is 28.3. The third-order valence-corrected chi connectivity index (χ3v) is 6.63. The van der Waals surface area contributed by atoms with Crippen molar-refractivity contribution in [3.05, 3.63) is 77.9 Å². The molecule has 2 N–H and O–H groups in total. The van der Waals surface area contributed by atoms with Crippen LogP contribution in [0.2, 0.25) is 0 Å². The molecule has 3 unspecified atom stereocenters. The molecule has 2 aromatic rings. The van der Waals surface area contributed by atoms with Crippen LogP contribution in [0.5, 0.6) is 0 Å². The highest BCUT2D eigenvalue weighted by atomic mass is 16.6. The molecule has 0 aliphatic carbocycles. The number of hydrogen-bond acceptors (Lipinski definition) is 6. The minimum absolute atomic E-state index is 0.0476. The van der Waals surface area contributed by atoms with Crippen LogP contribution in [0.1, 0.15) is 91.5 Å². The van der Waals surface area contributed by atoms with Crippen LogP contribution in [0.3, 0.4) is 0 Å². The van der Waals surface area contributed by atoms with Crippen LogP contribution >= 0.6 is 0 Å². The molecule has 0 saturated heterocycles.